The molecular weight excluding hydrogens is 582 g/mol. The molecule has 0 aliphatic carbocycles. The van der Waals surface area contributed by atoms with E-state index in [1.807, 2.05) is 12.1 Å². The Kier molecular flexibility index (Phi) is 7.26. The largest absolute Gasteiger partial charge is 0.465 e. The number of hydrogen-bond acceptors (Lipinski definition) is 9. The molecule has 0 radical (unpaired) electrons. The number of para-hydroxylation sites is 3. The van der Waals surface area contributed by atoms with Crippen LogP contribution in [-0.2, 0) is 20.8 Å². The fourth-order valence-corrected chi connectivity index (χ4v) is 5.43. The van der Waals surface area contributed by atoms with E-state index in [1.165, 1.54) is 21.1 Å². The number of nitro benzene ring substituents is 1. The number of anilines is 1. The molecule has 0 unspecified atom stereocenters. The number of carbonyl (C=O) groups is 4. The number of aromatic nitrogens is 3. The number of ketones is 1. The molecule has 6 aromatic rings. The standard InChI is InChI=1S/C32H23N5O8/c1-44-31(40)25-26(32(41)45-2)30-35(17-24(38)34-21-9-5-7-18-8-6-16-33-27(18)21)22-10-3-4-11-23(22)36(30)28(25)29(39)19-12-14-20(15-13-19)37(42)43/h3-16H,17H2,1-2H3,(H,34,38). The molecule has 3 aromatic carbocycles. The fraction of sp³-hybridized carbons (Fsp3) is 0.0938. The van der Waals surface area contributed by atoms with Gasteiger partial charge in [0.15, 0.2) is 0 Å². The van der Waals surface area contributed by atoms with Crippen molar-refractivity contribution < 1.29 is 33.6 Å². The Morgan fingerprint density at radius 3 is 2.20 bits per heavy atom. The summed E-state index contributed by atoms with van der Waals surface area (Å²) < 4.78 is 13.0. The van der Waals surface area contributed by atoms with E-state index in [2.05, 4.69) is 10.3 Å². The molecule has 0 atom stereocenters. The van der Waals surface area contributed by atoms with Crippen molar-refractivity contribution in [3.63, 3.8) is 0 Å². The number of hydrogen-bond donors (Lipinski definition) is 1. The lowest BCUT2D eigenvalue weighted by Crippen LogP contribution is -2.20. The van der Waals surface area contributed by atoms with Crippen LogP contribution in [0.4, 0.5) is 11.4 Å². The fourth-order valence-electron chi connectivity index (χ4n) is 5.43. The van der Waals surface area contributed by atoms with Gasteiger partial charge in [0.2, 0.25) is 11.7 Å². The zero-order valence-corrected chi connectivity index (χ0v) is 23.8. The van der Waals surface area contributed by atoms with E-state index in [4.69, 9.17) is 9.47 Å². The number of rotatable bonds is 8. The van der Waals surface area contributed by atoms with Crippen LogP contribution < -0.4 is 5.32 Å². The highest BCUT2D eigenvalue weighted by Gasteiger charge is 2.36. The SMILES string of the molecule is COC(=O)c1c(C(=O)OC)c2n(CC(=O)Nc3cccc4cccnc34)c3ccccc3n2c1C(=O)c1ccc([N+](=O)[O-])cc1. The van der Waals surface area contributed by atoms with Crippen LogP contribution in [0.2, 0.25) is 0 Å². The Morgan fingerprint density at radius 2 is 1.51 bits per heavy atom. The summed E-state index contributed by atoms with van der Waals surface area (Å²) in [5.41, 5.74) is 0.844. The Balaban J connectivity index is 1.58. The number of pyridine rings is 1. The Morgan fingerprint density at radius 1 is 0.844 bits per heavy atom. The lowest BCUT2D eigenvalue weighted by molar-refractivity contribution is -0.384. The normalized spacial score (nSPS) is 11.1. The molecule has 1 N–H and O–H groups in total. The lowest BCUT2D eigenvalue weighted by atomic mass is 10.0. The molecule has 6 rings (SSSR count). The zero-order chi connectivity index (χ0) is 31.8. The van der Waals surface area contributed by atoms with E-state index in [0.29, 0.717) is 22.2 Å². The van der Waals surface area contributed by atoms with E-state index in [1.54, 1.807) is 48.7 Å². The topological polar surface area (TPSA) is 164 Å². The number of fused-ring (bicyclic) bond motifs is 4. The highest BCUT2D eigenvalue weighted by molar-refractivity contribution is 6.21. The van der Waals surface area contributed by atoms with E-state index in [0.717, 1.165) is 31.7 Å². The smallest absolute Gasteiger partial charge is 0.342 e. The first-order valence-corrected chi connectivity index (χ1v) is 13.5. The van der Waals surface area contributed by atoms with Crippen LogP contribution in [0.1, 0.15) is 36.8 Å². The summed E-state index contributed by atoms with van der Waals surface area (Å²) in [5.74, 6) is -3.13. The highest BCUT2D eigenvalue weighted by atomic mass is 16.6. The second-order valence-corrected chi connectivity index (χ2v) is 9.88. The van der Waals surface area contributed by atoms with Crippen LogP contribution in [0, 0.1) is 10.1 Å². The summed E-state index contributed by atoms with van der Waals surface area (Å²) in [6.45, 7) is -0.333. The van der Waals surface area contributed by atoms with Gasteiger partial charge in [-0.05, 0) is 36.4 Å². The Bertz CT molecular complexity index is 2190. The van der Waals surface area contributed by atoms with Crippen molar-refractivity contribution in [1.29, 1.82) is 0 Å². The van der Waals surface area contributed by atoms with Crippen LogP contribution in [0.15, 0.2) is 85.1 Å². The van der Waals surface area contributed by atoms with Crippen molar-refractivity contribution in [2.24, 2.45) is 0 Å². The molecule has 0 bridgehead atoms. The van der Waals surface area contributed by atoms with E-state index < -0.39 is 28.6 Å². The number of benzene rings is 3. The van der Waals surface area contributed by atoms with Crippen molar-refractivity contribution in [2.45, 2.75) is 6.54 Å². The number of methoxy groups -OCH3 is 2. The van der Waals surface area contributed by atoms with Gasteiger partial charge in [0, 0.05) is 29.3 Å². The second kappa shape index (κ2) is 11.4. The molecule has 0 saturated carbocycles. The monoisotopic (exact) mass is 605 g/mol. The minimum absolute atomic E-state index is 0.0135. The summed E-state index contributed by atoms with van der Waals surface area (Å²) in [4.78, 5) is 69.3. The van der Waals surface area contributed by atoms with Gasteiger partial charge in [0.25, 0.3) is 5.69 Å². The van der Waals surface area contributed by atoms with Gasteiger partial charge >= 0.3 is 11.9 Å². The molecule has 45 heavy (non-hydrogen) atoms. The van der Waals surface area contributed by atoms with Gasteiger partial charge in [-0.2, -0.15) is 0 Å². The van der Waals surface area contributed by atoms with Crippen LogP contribution >= 0.6 is 0 Å². The quantitative estimate of drug-likeness (QED) is 0.111. The first kappa shape index (κ1) is 28.7. The number of amides is 1. The van der Waals surface area contributed by atoms with Crippen LogP contribution in [-0.4, -0.2) is 56.7 Å². The van der Waals surface area contributed by atoms with Crippen molar-refractivity contribution in [2.75, 3.05) is 19.5 Å². The van der Waals surface area contributed by atoms with E-state index in [-0.39, 0.29) is 40.3 Å². The summed E-state index contributed by atoms with van der Waals surface area (Å²) in [5, 5.41) is 14.9. The van der Waals surface area contributed by atoms with Gasteiger partial charge in [0.1, 0.15) is 29.0 Å². The number of ether oxygens (including phenoxy) is 2. The summed E-state index contributed by atoms with van der Waals surface area (Å²) in [6.07, 6.45) is 1.61. The molecule has 0 fully saturated rings. The van der Waals surface area contributed by atoms with Gasteiger partial charge in [-0.25, -0.2) is 9.59 Å². The number of nitrogens with zero attached hydrogens (tertiary/aromatic N) is 4. The molecule has 224 valence electrons. The predicted molar refractivity (Wildman–Crippen MR) is 162 cm³/mol. The Hall–Kier alpha value is -6.37. The lowest BCUT2D eigenvalue weighted by Gasteiger charge is -2.11. The maximum Gasteiger partial charge on any atom is 0.342 e. The third kappa shape index (κ3) is 4.81. The molecule has 3 aromatic heterocycles. The summed E-state index contributed by atoms with van der Waals surface area (Å²) in [7, 11) is 2.22. The van der Waals surface area contributed by atoms with Gasteiger partial charge < -0.3 is 19.4 Å². The van der Waals surface area contributed by atoms with Crippen LogP contribution in [0.5, 0.6) is 0 Å². The number of imidazole rings is 1. The molecule has 1 amide bonds. The van der Waals surface area contributed by atoms with Crippen molar-refractivity contribution in [3.8, 4) is 0 Å². The first-order valence-electron chi connectivity index (χ1n) is 13.5. The molecule has 0 aliphatic heterocycles. The summed E-state index contributed by atoms with van der Waals surface area (Å²) in [6, 6.07) is 20.6. The van der Waals surface area contributed by atoms with Crippen LogP contribution in [0.3, 0.4) is 0 Å². The number of non-ortho nitro benzene ring substituents is 1. The van der Waals surface area contributed by atoms with Gasteiger partial charge in [-0.15, -0.1) is 0 Å². The molecule has 0 aliphatic rings. The predicted octanol–water partition coefficient (Wildman–Crippen LogP) is 4.79. The minimum Gasteiger partial charge on any atom is -0.465 e. The number of carbonyl (C=O) groups excluding carboxylic acids is 4. The average molecular weight is 606 g/mol. The first-order chi connectivity index (χ1) is 21.7. The van der Waals surface area contributed by atoms with Crippen molar-refractivity contribution in [1.82, 2.24) is 14.0 Å². The van der Waals surface area contributed by atoms with Crippen molar-refractivity contribution in [3.05, 3.63) is 118 Å². The molecule has 0 spiro atoms. The molecule has 0 saturated heterocycles. The third-order valence-corrected chi connectivity index (χ3v) is 7.36. The second-order valence-electron chi connectivity index (χ2n) is 9.88. The minimum atomic E-state index is -0.994. The average Bonchev–Trinajstić information content (AvgIpc) is 3.57. The number of esters is 2. The third-order valence-electron chi connectivity index (χ3n) is 7.36. The van der Waals surface area contributed by atoms with E-state index >= 15 is 0 Å². The molecular formula is C32H23N5O8. The summed E-state index contributed by atoms with van der Waals surface area (Å²) >= 11 is 0. The van der Waals surface area contributed by atoms with Gasteiger partial charge in [-0.1, -0.05) is 30.3 Å². The van der Waals surface area contributed by atoms with Gasteiger partial charge in [-0.3, -0.25) is 29.1 Å². The molecule has 3 heterocycles. The zero-order valence-electron chi connectivity index (χ0n) is 23.8. The number of nitrogens with one attached hydrogen (secondary N) is 1. The van der Waals surface area contributed by atoms with Crippen molar-refractivity contribution >= 4 is 62.6 Å². The van der Waals surface area contributed by atoms with Crippen LogP contribution in [0.25, 0.3) is 27.6 Å². The van der Waals surface area contributed by atoms with E-state index in [9.17, 15) is 29.3 Å². The maximum atomic E-state index is 14.1. The molecule has 13 heteroatoms. The highest BCUT2D eigenvalue weighted by Crippen LogP contribution is 2.34. The maximum absolute atomic E-state index is 14.1. The number of nitro groups is 1. The molecule has 13 nitrogen and oxygen atoms in total. The van der Waals surface area contributed by atoms with Gasteiger partial charge in [0.05, 0.1) is 41.4 Å². The Labute approximate surface area is 253 Å².